The molecule has 0 saturated carbocycles. The first-order valence-electron chi connectivity index (χ1n) is 6.13. The Kier molecular flexibility index (Phi) is 4.32. The zero-order chi connectivity index (χ0) is 13.0. The molecule has 2 rings (SSSR count). The van der Waals surface area contributed by atoms with Crippen LogP contribution in [0.4, 0.5) is 0 Å². The monoisotopic (exact) mass is 264 g/mol. The van der Waals surface area contributed by atoms with Crippen LogP contribution in [0.25, 0.3) is 11.3 Å². The highest BCUT2D eigenvalue weighted by atomic mass is 35.5. The minimum absolute atomic E-state index is 0.479. The first kappa shape index (κ1) is 13.0. The molecule has 2 nitrogen and oxygen atoms in total. The molecule has 0 spiro atoms. The highest BCUT2D eigenvalue weighted by Crippen LogP contribution is 2.27. The molecule has 0 atom stereocenters. The molecule has 2 aromatic rings. The van der Waals surface area contributed by atoms with Crippen LogP contribution in [-0.2, 0) is 5.88 Å². The molecule has 0 aliphatic carbocycles. The Morgan fingerprint density at radius 1 is 1.22 bits per heavy atom. The number of aryl methyl sites for hydroxylation is 1. The standard InChI is InChI=1S/C15H17ClO2/c1-3-8-17-14-6-4-12(5-7-14)15-9-13(10-16)11(2)18-15/h4-7,9H,3,8,10H2,1-2H3. The molecule has 18 heavy (non-hydrogen) atoms. The van der Waals surface area contributed by atoms with Crippen LogP contribution >= 0.6 is 11.6 Å². The molecule has 96 valence electrons. The van der Waals surface area contributed by atoms with E-state index in [9.17, 15) is 0 Å². The van der Waals surface area contributed by atoms with Crippen molar-refractivity contribution in [3.8, 4) is 17.1 Å². The molecule has 0 N–H and O–H groups in total. The Labute approximate surface area is 113 Å². The van der Waals surface area contributed by atoms with Gasteiger partial charge in [0.25, 0.3) is 0 Å². The smallest absolute Gasteiger partial charge is 0.134 e. The highest BCUT2D eigenvalue weighted by Gasteiger charge is 2.08. The van der Waals surface area contributed by atoms with Gasteiger partial charge in [-0.2, -0.15) is 0 Å². The van der Waals surface area contributed by atoms with Gasteiger partial charge < -0.3 is 9.15 Å². The van der Waals surface area contributed by atoms with Crippen molar-refractivity contribution >= 4 is 11.6 Å². The summed E-state index contributed by atoms with van der Waals surface area (Å²) in [5.41, 5.74) is 2.08. The van der Waals surface area contributed by atoms with E-state index < -0.39 is 0 Å². The third kappa shape index (κ3) is 2.88. The van der Waals surface area contributed by atoms with Crippen molar-refractivity contribution in [1.29, 1.82) is 0 Å². The van der Waals surface area contributed by atoms with Gasteiger partial charge in [0.05, 0.1) is 12.5 Å². The number of hydrogen-bond acceptors (Lipinski definition) is 2. The van der Waals surface area contributed by atoms with Gasteiger partial charge in [0.2, 0.25) is 0 Å². The van der Waals surface area contributed by atoms with Crippen molar-refractivity contribution in [2.75, 3.05) is 6.61 Å². The number of ether oxygens (including phenoxy) is 1. The predicted octanol–water partition coefficient (Wildman–Crippen LogP) is 4.78. The van der Waals surface area contributed by atoms with E-state index in [-0.39, 0.29) is 0 Å². The largest absolute Gasteiger partial charge is 0.494 e. The lowest BCUT2D eigenvalue weighted by Crippen LogP contribution is -1.94. The van der Waals surface area contributed by atoms with Crippen LogP contribution in [0.2, 0.25) is 0 Å². The Balaban J connectivity index is 2.17. The summed E-state index contributed by atoms with van der Waals surface area (Å²) in [5, 5.41) is 0. The van der Waals surface area contributed by atoms with Gasteiger partial charge in [-0.3, -0.25) is 0 Å². The summed E-state index contributed by atoms with van der Waals surface area (Å²) in [6, 6.07) is 9.92. The number of halogens is 1. The summed E-state index contributed by atoms with van der Waals surface area (Å²) in [7, 11) is 0. The number of alkyl halides is 1. The molecule has 1 heterocycles. The molecular formula is C15H17ClO2. The van der Waals surface area contributed by atoms with Crippen molar-refractivity contribution in [3.63, 3.8) is 0 Å². The van der Waals surface area contributed by atoms with Crippen LogP contribution in [0.5, 0.6) is 5.75 Å². The van der Waals surface area contributed by atoms with Crippen LogP contribution in [0, 0.1) is 6.92 Å². The lowest BCUT2D eigenvalue weighted by atomic mass is 10.1. The molecule has 3 heteroatoms. The van der Waals surface area contributed by atoms with Crippen molar-refractivity contribution in [2.45, 2.75) is 26.1 Å². The summed E-state index contributed by atoms with van der Waals surface area (Å²) in [6.07, 6.45) is 1.01. The zero-order valence-electron chi connectivity index (χ0n) is 10.7. The molecule has 0 aliphatic rings. The number of rotatable bonds is 5. The number of benzene rings is 1. The maximum Gasteiger partial charge on any atom is 0.134 e. The summed E-state index contributed by atoms with van der Waals surface area (Å²) in [6.45, 7) is 4.77. The minimum atomic E-state index is 0.479. The Morgan fingerprint density at radius 3 is 2.50 bits per heavy atom. The first-order valence-corrected chi connectivity index (χ1v) is 6.66. The zero-order valence-corrected chi connectivity index (χ0v) is 11.5. The summed E-state index contributed by atoms with van der Waals surface area (Å²) < 4.78 is 11.2. The molecule has 0 amide bonds. The molecular weight excluding hydrogens is 248 g/mol. The minimum Gasteiger partial charge on any atom is -0.494 e. The van der Waals surface area contributed by atoms with Crippen LogP contribution in [0.1, 0.15) is 24.7 Å². The van der Waals surface area contributed by atoms with E-state index in [4.69, 9.17) is 20.8 Å². The third-order valence-corrected chi connectivity index (χ3v) is 3.06. The second-order valence-corrected chi connectivity index (χ2v) is 4.47. The highest BCUT2D eigenvalue weighted by molar-refractivity contribution is 6.17. The van der Waals surface area contributed by atoms with Gasteiger partial charge in [0.1, 0.15) is 17.3 Å². The fraction of sp³-hybridized carbons (Fsp3) is 0.333. The quantitative estimate of drug-likeness (QED) is 0.725. The van der Waals surface area contributed by atoms with Gasteiger partial charge in [0.15, 0.2) is 0 Å². The van der Waals surface area contributed by atoms with Gasteiger partial charge in [-0.15, -0.1) is 11.6 Å². The van der Waals surface area contributed by atoms with Crippen molar-refractivity contribution in [3.05, 3.63) is 41.7 Å². The summed E-state index contributed by atoms with van der Waals surface area (Å²) in [4.78, 5) is 0. The van der Waals surface area contributed by atoms with Crippen molar-refractivity contribution in [2.24, 2.45) is 0 Å². The van der Waals surface area contributed by atoms with Crippen LogP contribution in [0.3, 0.4) is 0 Å². The molecule has 0 fully saturated rings. The van der Waals surface area contributed by atoms with E-state index in [1.165, 1.54) is 0 Å². The lowest BCUT2D eigenvalue weighted by Gasteiger charge is -2.04. The van der Waals surface area contributed by atoms with Crippen molar-refractivity contribution in [1.82, 2.24) is 0 Å². The van der Waals surface area contributed by atoms with Crippen molar-refractivity contribution < 1.29 is 9.15 Å². The van der Waals surface area contributed by atoms with Gasteiger partial charge in [-0.25, -0.2) is 0 Å². The topological polar surface area (TPSA) is 22.4 Å². The van der Waals surface area contributed by atoms with Gasteiger partial charge in [-0.05, 0) is 43.7 Å². The maximum absolute atomic E-state index is 5.84. The van der Waals surface area contributed by atoms with Crippen LogP contribution in [-0.4, -0.2) is 6.61 Å². The van der Waals surface area contributed by atoms with Gasteiger partial charge >= 0.3 is 0 Å². The number of hydrogen-bond donors (Lipinski definition) is 0. The SMILES string of the molecule is CCCOc1ccc(-c2cc(CCl)c(C)o2)cc1. The molecule has 0 unspecified atom stereocenters. The maximum atomic E-state index is 5.84. The lowest BCUT2D eigenvalue weighted by molar-refractivity contribution is 0.317. The molecule has 0 radical (unpaired) electrons. The normalized spacial score (nSPS) is 10.6. The summed E-state index contributed by atoms with van der Waals surface area (Å²) >= 11 is 5.84. The van der Waals surface area contributed by atoms with Gasteiger partial charge in [0, 0.05) is 11.1 Å². The molecule has 1 aromatic heterocycles. The fourth-order valence-corrected chi connectivity index (χ4v) is 2.00. The average Bonchev–Trinajstić information content (AvgIpc) is 2.78. The van der Waals surface area contributed by atoms with E-state index in [1.807, 2.05) is 37.3 Å². The van der Waals surface area contributed by atoms with E-state index in [1.54, 1.807) is 0 Å². The van der Waals surface area contributed by atoms with E-state index in [0.717, 1.165) is 41.4 Å². The molecule has 0 saturated heterocycles. The Morgan fingerprint density at radius 2 is 1.94 bits per heavy atom. The molecule has 1 aromatic carbocycles. The fourth-order valence-electron chi connectivity index (χ4n) is 1.73. The molecule has 0 bridgehead atoms. The second kappa shape index (κ2) is 5.96. The molecule has 0 aliphatic heterocycles. The van der Waals surface area contributed by atoms with Crippen LogP contribution < -0.4 is 4.74 Å². The third-order valence-electron chi connectivity index (χ3n) is 2.78. The second-order valence-electron chi connectivity index (χ2n) is 4.20. The Bertz CT molecular complexity index is 500. The van der Waals surface area contributed by atoms with E-state index in [0.29, 0.717) is 5.88 Å². The number of furan rings is 1. The van der Waals surface area contributed by atoms with Gasteiger partial charge in [-0.1, -0.05) is 6.92 Å². The average molecular weight is 265 g/mol. The van der Waals surface area contributed by atoms with E-state index in [2.05, 4.69) is 6.92 Å². The summed E-state index contributed by atoms with van der Waals surface area (Å²) in [5.74, 6) is 3.10. The predicted molar refractivity (Wildman–Crippen MR) is 74.2 cm³/mol. The first-order chi connectivity index (χ1) is 8.74. The van der Waals surface area contributed by atoms with Crippen LogP contribution in [0.15, 0.2) is 34.7 Å². The Hall–Kier alpha value is -1.41. The van der Waals surface area contributed by atoms with E-state index >= 15 is 0 Å².